The van der Waals surface area contributed by atoms with Crippen LogP contribution in [0, 0.1) is 5.92 Å². The number of likely N-dealkylation sites (tertiary alicyclic amines) is 1. The van der Waals surface area contributed by atoms with Crippen molar-refractivity contribution in [1.29, 1.82) is 0 Å². The van der Waals surface area contributed by atoms with Crippen LogP contribution < -0.4 is 9.47 Å². The zero-order chi connectivity index (χ0) is 24.7. The number of rotatable bonds is 11. The van der Waals surface area contributed by atoms with Crippen LogP contribution in [-0.4, -0.2) is 55.1 Å². The van der Waals surface area contributed by atoms with E-state index in [0.29, 0.717) is 12.2 Å². The van der Waals surface area contributed by atoms with E-state index >= 15 is 0 Å². The summed E-state index contributed by atoms with van der Waals surface area (Å²) in [5.74, 6) is 1.05. The summed E-state index contributed by atoms with van der Waals surface area (Å²) >= 11 is 0. The lowest BCUT2D eigenvalue weighted by atomic mass is 9.80. The van der Waals surface area contributed by atoms with Gasteiger partial charge in [-0.2, -0.15) is 0 Å². The average molecular weight is 483 g/mol. The third-order valence-corrected chi connectivity index (χ3v) is 8.09. The van der Waals surface area contributed by atoms with Crippen LogP contribution in [0.25, 0.3) is 0 Å². The zero-order valence-corrected chi connectivity index (χ0v) is 21.2. The molecule has 2 unspecified atom stereocenters. The molecule has 1 N–H and O–H groups in total. The van der Waals surface area contributed by atoms with Gasteiger partial charge in [-0.3, -0.25) is 4.48 Å². The van der Waals surface area contributed by atoms with Gasteiger partial charge >= 0.3 is 5.97 Å². The lowest BCUT2D eigenvalue weighted by Gasteiger charge is -2.40. The third kappa shape index (κ3) is 5.49. The maximum absolute atomic E-state index is 13.7. The van der Waals surface area contributed by atoms with Crippen LogP contribution >= 0.6 is 0 Å². The van der Waals surface area contributed by atoms with E-state index in [2.05, 4.69) is 6.92 Å². The molecule has 1 aliphatic carbocycles. The molecule has 2 fully saturated rings. The molecule has 1 saturated carbocycles. The molecule has 3 atom stereocenters. The van der Waals surface area contributed by atoms with Crippen molar-refractivity contribution in [3.05, 3.63) is 60.2 Å². The summed E-state index contributed by atoms with van der Waals surface area (Å²) in [5.41, 5.74) is -0.932. The van der Waals surface area contributed by atoms with Gasteiger partial charge in [-0.25, -0.2) is 4.79 Å². The molecule has 2 aromatic rings. The minimum atomic E-state index is -1.58. The molecule has 1 aliphatic heterocycles. The van der Waals surface area contributed by atoms with E-state index in [4.69, 9.17) is 14.2 Å². The highest BCUT2D eigenvalue weighted by atomic mass is 16.6. The van der Waals surface area contributed by atoms with Gasteiger partial charge in [-0.05, 0) is 49.6 Å². The van der Waals surface area contributed by atoms with Crippen LogP contribution in [0.5, 0.6) is 11.5 Å². The number of esters is 1. The summed E-state index contributed by atoms with van der Waals surface area (Å²) in [6.07, 6.45) is 6.25. The molecule has 190 valence electrons. The highest BCUT2D eigenvalue weighted by molar-refractivity contribution is 5.81. The third-order valence-electron chi connectivity index (χ3n) is 8.09. The molecule has 0 amide bonds. The van der Waals surface area contributed by atoms with Crippen molar-refractivity contribution in [1.82, 2.24) is 0 Å². The first kappa shape index (κ1) is 25.5. The van der Waals surface area contributed by atoms with E-state index in [1.165, 1.54) is 0 Å². The lowest BCUT2D eigenvalue weighted by Crippen LogP contribution is -2.56. The van der Waals surface area contributed by atoms with Gasteiger partial charge in [0.1, 0.15) is 11.5 Å². The van der Waals surface area contributed by atoms with Crippen molar-refractivity contribution in [2.75, 3.05) is 33.4 Å². The van der Waals surface area contributed by atoms with Gasteiger partial charge in [0.2, 0.25) is 6.23 Å². The molecule has 1 saturated heterocycles. The molecular weight excluding hydrogens is 442 g/mol. The maximum Gasteiger partial charge on any atom is 0.347 e. The molecule has 0 radical (unpaired) electrons. The second-order valence-corrected chi connectivity index (χ2v) is 9.98. The first-order chi connectivity index (χ1) is 17.0. The van der Waals surface area contributed by atoms with E-state index in [-0.39, 0.29) is 12.1 Å². The SMILES string of the molecule is CC[N+]1(CCCOc2ccc(OC)cc2)CCCC1OC(=O)[C@](O)(c1ccccc1)C1CCCC1. The number of quaternary nitrogens is 1. The van der Waals surface area contributed by atoms with Crippen molar-refractivity contribution in [3.63, 3.8) is 0 Å². The van der Waals surface area contributed by atoms with E-state index in [1.807, 2.05) is 54.6 Å². The van der Waals surface area contributed by atoms with E-state index in [0.717, 1.165) is 80.6 Å². The van der Waals surface area contributed by atoms with Gasteiger partial charge in [-0.15, -0.1) is 0 Å². The number of benzene rings is 2. The number of carbonyl (C=O) groups is 1. The Morgan fingerprint density at radius 3 is 2.34 bits per heavy atom. The van der Waals surface area contributed by atoms with Gasteiger partial charge in [0.05, 0.1) is 33.4 Å². The summed E-state index contributed by atoms with van der Waals surface area (Å²) in [7, 11) is 1.65. The average Bonchev–Trinajstić information content (AvgIpc) is 3.58. The fourth-order valence-corrected chi connectivity index (χ4v) is 5.96. The Morgan fingerprint density at radius 2 is 1.69 bits per heavy atom. The maximum atomic E-state index is 13.7. The fourth-order valence-electron chi connectivity index (χ4n) is 5.96. The fraction of sp³-hybridized carbons (Fsp3) is 0.552. The van der Waals surface area contributed by atoms with Crippen LogP contribution in [-0.2, 0) is 15.1 Å². The van der Waals surface area contributed by atoms with Gasteiger partial charge in [-0.1, -0.05) is 43.2 Å². The number of carbonyl (C=O) groups excluding carboxylic acids is 1. The molecule has 4 rings (SSSR count). The normalized spacial score (nSPS) is 24.1. The Bertz CT molecular complexity index is 943. The lowest BCUT2D eigenvalue weighted by molar-refractivity contribution is -0.955. The zero-order valence-electron chi connectivity index (χ0n) is 21.2. The van der Waals surface area contributed by atoms with Crippen LogP contribution in [0.4, 0.5) is 0 Å². The highest BCUT2D eigenvalue weighted by Gasteiger charge is 2.51. The molecule has 35 heavy (non-hydrogen) atoms. The van der Waals surface area contributed by atoms with E-state index in [1.54, 1.807) is 7.11 Å². The predicted molar refractivity (Wildman–Crippen MR) is 135 cm³/mol. The van der Waals surface area contributed by atoms with Gasteiger partial charge in [0.15, 0.2) is 5.60 Å². The number of aliphatic hydroxyl groups is 1. The number of ether oxygens (including phenoxy) is 3. The number of methoxy groups -OCH3 is 1. The second-order valence-electron chi connectivity index (χ2n) is 9.98. The number of hydrogen-bond donors (Lipinski definition) is 1. The van der Waals surface area contributed by atoms with Gasteiger partial charge < -0.3 is 19.3 Å². The van der Waals surface area contributed by atoms with Crippen LogP contribution in [0.2, 0.25) is 0 Å². The van der Waals surface area contributed by atoms with Crippen molar-refractivity contribution >= 4 is 5.97 Å². The molecule has 0 spiro atoms. The molecule has 1 heterocycles. The first-order valence-corrected chi connectivity index (χ1v) is 13.1. The minimum absolute atomic E-state index is 0.0970. The molecule has 0 bridgehead atoms. The monoisotopic (exact) mass is 482 g/mol. The van der Waals surface area contributed by atoms with Crippen LogP contribution in [0.1, 0.15) is 57.4 Å². The van der Waals surface area contributed by atoms with Crippen molar-refractivity contribution in [2.24, 2.45) is 5.92 Å². The Kier molecular flexibility index (Phi) is 8.34. The topological polar surface area (TPSA) is 65.0 Å². The molecule has 6 heteroatoms. The Hall–Kier alpha value is -2.57. The summed E-state index contributed by atoms with van der Waals surface area (Å²) in [5, 5.41) is 11.8. The summed E-state index contributed by atoms with van der Waals surface area (Å²) in [4.78, 5) is 13.7. The van der Waals surface area contributed by atoms with Crippen molar-refractivity contribution < 1.29 is 28.6 Å². The summed E-state index contributed by atoms with van der Waals surface area (Å²) in [6, 6.07) is 17.0. The number of nitrogens with zero attached hydrogens (tertiary/aromatic N) is 1. The van der Waals surface area contributed by atoms with Gasteiger partial charge in [0.25, 0.3) is 0 Å². The summed E-state index contributed by atoms with van der Waals surface area (Å²) in [6.45, 7) is 5.50. The Labute approximate surface area is 209 Å². The predicted octanol–water partition coefficient (Wildman–Crippen LogP) is 5.04. The van der Waals surface area contributed by atoms with Gasteiger partial charge in [0, 0.05) is 25.2 Å². The molecule has 2 aliphatic rings. The standard InChI is InChI=1S/C29H40NO5/c1-3-30(21-10-22-34-26-18-16-25(33-2)17-19-26)20-9-15-27(30)35-28(31)29(32,24-13-7-8-14-24)23-11-5-4-6-12-23/h4-6,11-12,16-19,24,27,32H,3,7-10,13-15,20-22H2,1-2H3/q+1/t27?,29-,30?/m0/s1. The largest absolute Gasteiger partial charge is 0.497 e. The Balaban J connectivity index is 1.41. The summed E-state index contributed by atoms with van der Waals surface area (Å²) < 4.78 is 18.1. The second kappa shape index (κ2) is 11.4. The molecule has 0 aromatic heterocycles. The van der Waals surface area contributed by atoms with Crippen LogP contribution in [0.3, 0.4) is 0 Å². The number of hydrogen-bond acceptors (Lipinski definition) is 5. The van der Waals surface area contributed by atoms with Crippen molar-refractivity contribution in [3.8, 4) is 11.5 Å². The first-order valence-electron chi connectivity index (χ1n) is 13.1. The molecule has 2 aromatic carbocycles. The van der Waals surface area contributed by atoms with Crippen molar-refractivity contribution in [2.45, 2.75) is 63.7 Å². The molecular formula is C29H40NO5+. The van der Waals surface area contributed by atoms with E-state index in [9.17, 15) is 9.90 Å². The Morgan fingerprint density at radius 1 is 1.00 bits per heavy atom. The minimum Gasteiger partial charge on any atom is -0.497 e. The molecule has 6 nitrogen and oxygen atoms in total. The highest BCUT2D eigenvalue weighted by Crippen LogP contribution is 2.42. The van der Waals surface area contributed by atoms with Crippen LogP contribution in [0.15, 0.2) is 54.6 Å². The quantitative estimate of drug-likeness (QED) is 0.276. The smallest absolute Gasteiger partial charge is 0.347 e. The van der Waals surface area contributed by atoms with E-state index < -0.39 is 11.6 Å².